The van der Waals surface area contributed by atoms with Gasteiger partial charge in [0.25, 0.3) is 0 Å². The average molecular weight is 131 g/mol. The molecule has 0 heterocycles. The predicted molar refractivity (Wildman–Crippen MR) is 23.6 cm³/mol. The van der Waals surface area contributed by atoms with Gasteiger partial charge >= 0.3 is 6.16 Å². The minimum Gasteiger partial charge on any atom is -0.319 e. The lowest BCUT2D eigenvalue weighted by molar-refractivity contribution is -0.446. The highest BCUT2D eigenvalue weighted by molar-refractivity contribution is 5.85. The maximum atomic E-state index is 7.72. The fourth-order valence-electron chi connectivity index (χ4n) is 0. The maximum absolute atomic E-state index is 7.72. The van der Waals surface area contributed by atoms with E-state index in [0.29, 0.717) is 0 Å². The summed E-state index contributed by atoms with van der Waals surface area (Å²) in [6.45, 7) is 0. The molecule has 0 radical (unpaired) electrons. The molecule has 0 unspecified atom stereocenters. The van der Waals surface area contributed by atoms with Gasteiger partial charge in [-0.3, -0.25) is 0 Å². The third-order valence-corrected chi connectivity index (χ3v) is 0.274. The molecule has 5 heteroatoms. The van der Waals surface area contributed by atoms with Crippen LogP contribution in [0.2, 0.25) is 0 Å². The lowest BCUT2D eigenvalue weighted by Crippen LogP contribution is -2.28. The summed E-state index contributed by atoms with van der Waals surface area (Å²) in [6, 6.07) is 0. The third kappa shape index (κ3) is 10.7. The van der Waals surface area contributed by atoms with E-state index < -0.39 is 6.16 Å². The van der Waals surface area contributed by atoms with Crippen LogP contribution in [-0.2, 0) is 4.74 Å². The Labute approximate surface area is 46.8 Å². The summed E-state index contributed by atoms with van der Waals surface area (Å²) >= 11 is 0. The Hall–Kier alpha value is 0.130. The first-order valence-electron chi connectivity index (χ1n) is 1.28. The molecule has 0 bridgehead atoms. The van der Waals surface area contributed by atoms with Crippen LogP contribution in [0.4, 0.5) is 0 Å². The lowest BCUT2D eigenvalue weighted by atomic mass is 11.1. The summed E-state index contributed by atoms with van der Waals surface area (Å²) in [4.78, 5) is 0. The fourth-order valence-corrected chi connectivity index (χ4v) is 0. The van der Waals surface area contributed by atoms with E-state index in [4.69, 9.17) is 15.3 Å². The van der Waals surface area contributed by atoms with E-state index in [2.05, 4.69) is 4.74 Å². The second kappa shape index (κ2) is 3.17. The van der Waals surface area contributed by atoms with Gasteiger partial charge in [-0.05, 0) is 0 Å². The van der Waals surface area contributed by atoms with Crippen molar-refractivity contribution in [1.82, 2.24) is 0 Å². The van der Waals surface area contributed by atoms with Gasteiger partial charge in [-0.25, -0.2) is 0 Å². The fraction of sp³-hybridized carbons (Fsp3) is 1.00. The smallest absolute Gasteiger partial charge is 0.319 e. The van der Waals surface area contributed by atoms with Crippen molar-refractivity contribution in [3.8, 4) is 0 Å². The van der Waals surface area contributed by atoms with Crippen LogP contribution in [0.3, 0.4) is 0 Å². The van der Waals surface area contributed by atoms with Crippen LogP contribution < -0.4 is 0 Å². The van der Waals surface area contributed by atoms with Gasteiger partial charge in [-0.15, -0.1) is 12.4 Å². The van der Waals surface area contributed by atoms with E-state index in [-0.39, 0.29) is 12.4 Å². The summed E-state index contributed by atoms with van der Waals surface area (Å²) in [5, 5.41) is 23.1. The maximum Gasteiger partial charge on any atom is 0.404 e. The molecular formula is C2H7ClO4. The van der Waals surface area contributed by atoms with Crippen molar-refractivity contribution < 1.29 is 20.1 Å². The van der Waals surface area contributed by atoms with Gasteiger partial charge in [-0.1, -0.05) is 0 Å². The molecule has 4 nitrogen and oxygen atoms in total. The first-order chi connectivity index (χ1) is 2.56. The molecule has 0 saturated heterocycles. The number of aliphatic hydroxyl groups is 3. The Balaban J connectivity index is 0. The quantitative estimate of drug-likeness (QED) is 0.384. The van der Waals surface area contributed by atoms with Crippen LogP contribution in [0.25, 0.3) is 0 Å². The van der Waals surface area contributed by atoms with E-state index in [1.165, 1.54) is 0 Å². The molecule has 0 aromatic rings. The number of rotatable bonds is 1. The van der Waals surface area contributed by atoms with E-state index in [0.717, 1.165) is 7.11 Å². The molecule has 0 aliphatic carbocycles. The van der Waals surface area contributed by atoms with Gasteiger partial charge in [0.1, 0.15) is 0 Å². The summed E-state index contributed by atoms with van der Waals surface area (Å²) in [5.74, 6) is 0. The highest BCUT2D eigenvalue weighted by Gasteiger charge is 2.14. The second-order valence-electron chi connectivity index (χ2n) is 0.778. The molecule has 3 N–H and O–H groups in total. The molecule has 0 rings (SSSR count). The molecular weight excluding hydrogens is 123 g/mol. The van der Waals surface area contributed by atoms with Gasteiger partial charge in [0.15, 0.2) is 0 Å². The van der Waals surface area contributed by atoms with Gasteiger partial charge in [0.05, 0.1) is 0 Å². The van der Waals surface area contributed by atoms with Crippen molar-refractivity contribution in [2.75, 3.05) is 7.11 Å². The highest BCUT2D eigenvalue weighted by atomic mass is 35.5. The van der Waals surface area contributed by atoms with Gasteiger partial charge in [0, 0.05) is 7.11 Å². The molecule has 0 aliphatic heterocycles. The Morgan fingerprint density at radius 2 is 1.43 bits per heavy atom. The van der Waals surface area contributed by atoms with E-state index in [9.17, 15) is 0 Å². The molecule has 0 aliphatic rings. The Kier molecular flexibility index (Phi) is 4.62. The standard InChI is InChI=1S/C2H6O4.ClH/c1-6-2(3,4)5;/h3-5H,1H3;1H. The minimum atomic E-state index is -2.96. The van der Waals surface area contributed by atoms with Crippen LogP contribution in [0, 0.1) is 0 Å². The summed E-state index contributed by atoms with van der Waals surface area (Å²) in [6.07, 6.45) is -2.96. The lowest BCUT2D eigenvalue weighted by Gasteiger charge is -2.07. The van der Waals surface area contributed by atoms with Gasteiger partial charge < -0.3 is 20.1 Å². The zero-order valence-electron chi connectivity index (χ0n) is 3.66. The van der Waals surface area contributed by atoms with E-state index in [1.54, 1.807) is 0 Å². The molecule has 0 spiro atoms. The largest absolute Gasteiger partial charge is 0.404 e. The molecule has 46 valence electrons. The topological polar surface area (TPSA) is 69.9 Å². The Bertz CT molecular complexity index is 39.4. The SMILES string of the molecule is COC(O)(O)O.Cl. The first-order valence-corrected chi connectivity index (χ1v) is 1.28. The highest BCUT2D eigenvalue weighted by Crippen LogP contribution is 1.87. The Morgan fingerprint density at radius 3 is 1.43 bits per heavy atom. The van der Waals surface area contributed by atoms with Crippen molar-refractivity contribution >= 4 is 12.4 Å². The number of methoxy groups -OCH3 is 1. The zero-order chi connectivity index (χ0) is 5.21. The normalized spacial score (nSPS) is 10.3. The van der Waals surface area contributed by atoms with Crippen molar-refractivity contribution in [3.63, 3.8) is 0 Å². The Morgan fingerprint density at radius 1 is 1.29 bits per heavy atom. The van der Waals surface area contributed by atoms with Crippen molar-refractivity contribution in [1.29, 1.82) is 0 Å². The third-order valence-electron chi connectivity index (χ3n) is 0.274. The molecule has 0 aromatic carbocycles. The minimum absolute atomic E-state index is 0. The van der Waals surface area contributed by atoms with Crippen LogP contribution in [-0.4, -0.2) is 28.6 Å². The summed E-state index contributed by atoms with van der Waals surface area (Å²) < 4.78 is 3.60. The number of hydrogen-bond donors (Lipinski definition) is 3. The molecule has 0 aromatic heterocycles. The van der Waals surface area contributed by atoms with E-state index in [1.807, 2.05) is 0 Å². The number of halogens is 1. The van der Waals surface area contributed by atoms with Gasteiger partial charge in [-0.2, -0.15) is 0 Å². The van der Waals surface area contributed by atoms with Crippen molar-refractivity contribution in [3.05, 3.63) is 0 Å². The number of hydrogen-bond acceptors (Lipinski definition) is 4. The molecule has 0 amide bonds. The summed E-state index contributed by atoms with van der Waals surface area (Å²) in [7, 11) is 0.958. The summed E-state index contributed by atoms with van der Waals surface area (Å²) in [5.41, 5.74) is 0. The van der Waals surface area contributed by atoms with Crippen LogP contribution in [0.15, 0.2) is 0 Å². The van der Waals surface area contributed by atoms with Crippen LogP contribution >= 0.6 is 12.4 Å². The number of ether oxygens (including phenoxy) is 1. The van der Waals surface area contributed by atoms with E-state index >= 15 is 0 Å². The van der Waals surface area contributed by atoms with Gasteiger partial charge in [0.2, 0.25) is 0 Å². The molecule has 0 fully saturated rings. The van der Waals surface area contributed by atoms with Crippen molar-refractivity contribution in [2.45, 2.75) is 6.16 Å². The predicted octanol–water partition coefficient (Wildman–Crippen LogP) is -1.36. The second-order valence-corrected chi connectivity index (χ2v) is 0.778. The average Bonchev–Trinajstić information content (AvgIpc) is 1.35. The molecule has 7 heavy (non-hydrogen) atoms. The van der Waals surface area contributed by atoms with Crippen molar-refractivity contribution in [2.24, 2.45) is 0 Å². The monoisotopic (exact) mass is 130 g/mol. The molecule has 0 saturated carbocycles. The first kappa shape index (κ1) is 10.2. The zero-order valence-corrected chi connectivity index (χ0v) is 4.47. The molecule has 0 atom stereocenters. The van der Waals surface area contributed by atoms with Crippen LogP contribution in [0.1, 0.15) is 0 Å². The van der Waals surface area contributed by atoms with Crippen LogP contribution in [0.5, 0.6) is 0 Å².